The van der Waals surface area contributed by atoms with Crippen LogP contribution in [0.5, 0.6) is 5.75 Å². The van der Waals surface area contributed by atoms with Gasteiger partial charge < -0.3 is 14.3 Å². The van der Waals surface area contributed by atoms with Gasteiger partial charge in [-0.2, -0.15) is 4.72 Å². The Morgan fingerprint density at radius 1 is 0.971 bits per heavy atom. The number of hydrogen-bond acceptors (Lipinski definition) is 6. The van der Waals surface area contributed by atoms with E-state index in [0.717, 1.165) is 3.57 Å². The van der Waals surface area contributed by atoms with Crippen molar-refractivity contribution >= 4 is 72.3 Å². The van der Waals surface area contributed by atoms with Crippen molar-refractivity contribution in [2.75, 3.05) is 5.32 Å². The van der Waals surface area contributed by atoms with Gasteiger partial charge in [-0.25, -0.2) is 13.2 Å². The number of fused-ring (bicyclic) bond motifs is 3. The van der Waals surface area contributed by atoms with Crippen LogP contribution < -0.4 is 14.8 Å². The van der Waals surface area contributed by atoms with Gasteiger partial charge in [0.15, 0.2) is 0 Å². The molecule has 0 aliphatic carbocycles. The maximum absolute atomic E-state index is 12.8. The predicted octanol–water partition coefficient (Wildman–Crippen LogP) is 5.19. The van der Waals surface area contributed by atoms with Gasteiger partial charge in [-0.05, 0) is 83.1 Å². The largest absolute Gasteiger partial charge is 0.480 e. The number of carbonyl (C=O) groups is 2. The van der Waals surface area contributed by atoms with Crippen molar-refractivity contribution in [3.63, 3.8) is 0 Å². The fourth-order valence-electron chi connectivity index (χ4n) is 3.46. The molecule has 0 radical (unpaired) electrons. The third-order valence-corrected chi connectivity index (χ3v) is 7.40. The van der Waals surface area contributed by atoms with Crippen LogP contribution in [0.4, 0.5) is 10.5 Å². The molecule has 3 N–H and O–H groups in total. The molecule has 0 aliphatic rings. The number of benzene rings is 3. The summed E-state index contributed by atoms with van der Waals surface area (Å²) in [5, 5.41) is 13.3. The summed E-state index contributed by atoms with van der Waals surface area (Å²) in [6, 6.07) is 15.0. The highest BCUT2D eigenvalue weighted by atomic mass is 127. The van der Waals surface area contributed by atoms with E-state index in [9.17, 15) is 23.1 Å². The number of anilines is 1. The van der Waals surface area contributed by atoms with Crippen LogP contribution in [0.2, 0.25) is 0 Å². The Morgan fingerprint density at radius 3 is 2.34 bits per heavy atom. The summed E-state index contributed by atoms with van der Waals surface area (Å²) >= 11 is 2.15. The van der Waals surface area contributed by atoms with Crippen LogP contribution in [0.15, 0.2) is 70.0 Å². The second kappa shape index (κ2) is 9.84. The van der Waals surface area contributed by atoms with Crippen LogP contribution in [-0.2, 0) is 14.8 Å². The number of hydrogen-bond donors (Lipinski definition) is 3. The topological polar surface area (TPSA) is 135 Å². The van der Waals surface area contributed by atoms with E-state index in [0.29, 0.717) is 33.4 Å². The number of aliphatic carboxylic acids is 1. The smallest absolute Gasteiger partial charge is 0.417 e. The average Bonchev–Trinajstić information content (AvgIpc) is 3.16. The molecule has 4 aromatic rings. The zero-order valence-corrected chi connectivity index (χ0v) is 21.6. The van der Waals surface area contributed by atoms with Gasteiger partial charge in [0.05, 0.1) is 4.90 Å². The second-order valence-electron chi connectivity index (χ2n) is 8.12. The van der Waals surface area contributed by atoms with E-state index < -0.39 is 34.0 Å². The number of nitrogens with one attached hydrogen (secondary N) is 2. The Hall–Kier alpha value is -3.16. The first-order valence-electron chi connectivity index (χ1n) is 10.5. The highest BCUT2D eigenvalue weighted by Crippen LogP contribution is 2.32. The van der Waals surface area contributed by atoms with Crippen molar-refractivity contribution in [3.05, 3.63) is 64.2 Å². The van der Waals surface area contributed by atoms with E-state index in [1.165, 1.54) is 12.1 Å². The monoisotopic (exact) mass is 608 g/mol. The highest BCUT2D eigenvalue weighted by molar-refractivity contribution is 14.1. The van der Waals surface area contributed by atoms with Gasteiger partial charge in [0, 0.05) is 26.1 Å². The van der Waals surface area contributed by atoms with Gasteiger partial charge in [0.1, 0.15) is 23.0 Å². The number of carbonyl (C=O) groups excluding carboxylic acids is 1. The van der Waals surface area contributed by atoms with E-state index in [-0.39, 0.29) is 4.90 Å². The van der Waals surface area contributed by atoms with Crippen LogP contribution in [0.1, 0.15) is 13.8 Å². The molecule has 0 aliphatic heterocycles. The quantitative estimate of drug-likeness (QED) is 0.246. The molecule has 0 saturated carbocycles. The maximum atomic E-state index is 12.8. The molecule has 35 heavy (non-hydrogen) atoms. The normalized spacial score (nSPS) is 12.7. The molecule has 1 atom stereocenters. The Labute approximate surface area is 214 Å². The number of amides is 1. The summed E-state index contributed by atoms with van der Waals surface area (Å²) in [6.45, 7) is 3.23. The minimum atomic E-state index is -4.10. The number of sulfonamides is 1. The van der Waals surface area contributed by atoms with Gasteiger partial charge in [0.25, 0.3) is 0 Å². The Balaban J connectivity index is 1.59. The summed E-state index contributed by atoms with van der Waals surface area (Å²) in [5.41, 5.74) is 1.26. The van der Waals surface area contributed by atoms with Crippen molar-refractivity contribution < 1.29 is 32.3 Å². The molecule has 1 aromatic heterocycles. The lowest BCUT2D eigenvalue weighted by molar-refractivity contribution is -0.140. The van der Waals surface area contributed by atoms with Crippen LogP contribution in [-0.4, -0.2) is 31.6 Å². The minimum absolute atomic E-state index is 0.115. The first kappa shape index (κ1) is 24.9. The molecule has 0 fully saturated rings. The van der Waals surface area contributed by atoms with Crippen LogP contribution >= 0.6 is 22.6 Å². The molecule has 3 aromatic carbocycles. The SMILES string of the molecule is CC(C)[C@H](NS(=O)(=O)c1ccc2c(c1)oc1ccc(NC(=O)Oc3ccc(I)cc3)cc12)C(=O)O. The number of carboxylic acid groups (broad SMARTS) is 1. The molecular weight excluding hydrogens is 587 g/mol. The van der Waals surface area contributed by atoms with Crippen molar-refractivity contribution in [1.82, 2.24) is 4.72 Å². The Kier molecular flexibility index (Phi) is 7.01. The predicted molar refractivity (Wildman–Crippen MR) is 139 cm³/mol. The Morgan fingerprint density at radius 2 is 1.69 bits per heavy atom. The summed E-state index contributed by atoms with van der Waals surface area (Å²) in [5.74, 6) is -1.29. The molecule has 0 unspecified atom stereocenters. The van der Waals surface area contributed by atoms with E-state index >= 15 is 0 Å². The van der Waals surface area contributed by atoms with Gasteiger partial charge in [0.2, 0.25) is 10.0 Å². The third kappa shape index (κ3) is 5.57. The van der Waals surface area contributed by atoms with E-state index in [2.05, 4.69) is 32.6 Å². The molecule has 1 heterocycles. The van der Waals surface area contributed by atoms with E-state index in [1.807, 2.05) is 12.1 Å². The lowest BCUT2D eigenvalue weighted by Crippen LogP contribution is -2.44. The molecule has 182 valence electrons. The van der Waals surface area contributed by atoms with Crippen molar-refractivity contribution in [2.24, 2.45) is 5.92 Å². The van der Waals surface area contributed by atoms with Crippen molar-refractivity contribution in [3.8, 4) is 5.75 Å². The molecular formula is C24H21IN2O7S. The fraction of sp³-hybridized carbons (Fsp3) is 0.167. The summed E-state index contributed by atoms with van der Waals surface area (Å²) in [4.78, 5) is 23.6. The molecule has 0 saturated heterocycles. The molecule has 9 nitrogen and oxygen atoms in total. The number of furan rings is 1. The standard InChI is InChI=1S/C24H21IN2O7S/c1-13(2)22(23(28)29)27-35(31,32)17-8-9-18-19-11-15(5-10-20(19)34-21(18)12-17)26-24(30)33-16-6-3-14(25)4-7-16/h3-13,22,27H,1-2H3,(H,26,30)(H,28,29)/t22-/m0/s1. The van der Waals surface area contributed by atoms with Crippen molar-refractivity contribution in [1.29, 1.82) is 0 Å². The van der Waals surface area contributed by atoms with Gasteiger partial charge in [-0.15, -0.1) is 0 Å². The maximum Gasteiger partial charge on any atom is 0.417 e. The van der Waals surface area contributed by atoms with Gasteiger partial charge >= 0.3 is 12.1 Å². The van der Waals surface area contributed by atoms with Crippen LogP contribution in [0.3, 0.4) is 0 Å². The Bertz CT molecular complexity index is 1530. The van der Waals surface area contributed by atoms with Crippen LogP contribution in [0.25, 0.3) is 21.9 Å². The molecule has 4 rings (SSSR count). The number of carboxylic acids is 1. The first-order chi connectivity index (χ1) is 16.5. The lowest BCUT2D eigenvalue weighted by atomic mass is 10.1. The molecule has 1 amide bonds. The van der Waals surface area contributed by atoms with Gasteiger partial charge in [-0.1, -0.05) is 13.8 Å². The summed E-state index contributed by atoms with van der Waals surface area (Å²) in [6.07, 6.45) is -0.657. The number of halogens is 1. The fourth-order valence-corrected chi connectivity index (χ4v) is 5.17. The zero-order valence-electron chi connectivity index (χ0n) is 18.6. The lowest BCUT2D eigenvalue weighted by Gasteiger charge is -2.17. The van der Waals surface area contributed by atoms with E-state index in [1.54, 1.807) is 50.2 Å². The molecule has 11 heteroatoms. The number of rotatable bonds is 7. The third-order valence-electron chi connectivity index (χ3n) is 5.24. The van der Waals surface area contributed by atoms with Crippen LogP contribution in [0, 0.1) is 9.49 Å². The number of ether oxygens (including phenoxy) is 1. The van der Waals surface area contributed by atoms with Crippen molar-refractivity contribution in [2.45, 2.75) is 24.8 Å². The zero-order chi connectivity index (χ0) is 25.3. The first-order valence-corrected chi connectivity index (χ1v) is 13.1. The summed E-state index contributed by atoms with van der Waals surface area (Å²) in [7, 11) is -4.10. The highest BCUT2D eigenvalue weighted by Gasteiger charge is 2.28. The van der Waals surface area contributed by atoms with E-state index in [4.69, 9.17) is 9.15 Å². The minimum Gasteiger partial charge on any atom is -0.480 e. The molecule has 0 spiro atoms. The molecule has 0 bridgehead atoms. The summed E-state index contributed by atoms with van der Waals surface area (Å²) < 4.78 is 39.9. The van der Waals surface area contributed by atoms with Gasteiger partial charge in [-0.3, -0.25) is 10.1 Å². The average molecular weight is 608 g/mol. The second-order valence-corrected chi connectivity index (χ2v) is 11.1.